The van der Waals surface area contributed by atoms with Crippen molar-refractivity contribution in [3.8, 4) is 0 Å². The van der Waals surface area contributed by atoms with Gasteiger partial charge in [-0.3, -0.25) is 0 Å². The van der Waals surface area contributed by atoms with Gasteiger partial charge in [-0.2, -0.15) is 0 Å². The van der Waals surface area contributed by atoms with Gasteiger partial charge < -0.3 is 5.32 Å². The van der Waals surface area contributed by atoms with E-state index in [1.165, 1.54) is 83.6 Å². The van der Waals surface area contributed by atoms with Crippen LogP contribution in [0, 0.1) is 17.8 Å². The van der Waals surface area contributed by atoms with Crippen molar-refractivity contribution in [3.05, 3.63) is 0 Å². The molecule has 0 amide bonds. The van der Waals surface area contributed by atoms with Crippen molar-refractivity contribution in [1.82, 2.24) is 5.32 Å². The van der Waals surface area contributed by atoms with Crippen molar-refractivity contribution < 1.29 is 0 Å². The van der Waals surface area contributed by atoms with Crippen molar-refractivity contribution in [2.75, 3.05) is 6.54 Å². The molecule has 2 aliphatic carbocycles. The standard InChI is InChI=1S/C19H37N/c1-3-14-20-19(17-11-7-5-6-8-12-17)18-13-9-10-16(4-2)15-18/h16-20H,3-15H2,1-2H3. The van der Waals surface area contributed by atoms with Gasteiger partial charge in [0.05, 0.1) is 0 Å². The average Bonchev–Trinajstić information content (AvgIpc) is 2.77. The largest absolute Gasteiger partial charge is 0.313 e. The van der Waals surface area contributed by atoms with E-state index in [1.54, 1.807) is 0 Å². The minimum Gasteiger partial charge on any atom is -0.313 e. The van der Waals surface area contributed by atoms with Crippen LogP contribution >= 0.6 is 0 Å². The highest BCUT2D eigenvalue weighted by molar-refractivity contribution is 4.87. The summed E-state index contributed by atoms with van der Waals surface area (Å²) in [6.45, 7) is 5.94. The summed E-state index contributed by atoms with van der Waals surface area (Å²) in [6, 6.07) is 0.836. The average molecular weight is 280 g/mol. The van der Waals surface area contributed by atoms with E-state index in [1.807, 2.05) is 0 Å². The lowest BCUT2D eigenvalue weighted by atomic mass is 9.72. The molecule has 3 unspecified atom stereocenters. The molecule has 0 heterocycles. The molecule has 20 heavy (non-hydrogen) atoms. The first-order valence-corrected chi connectivity index (χ1v) is 9.58. The van der Waals surface area contributed by atoms with Crippen LogP contribution in [0.25, 0.3) is 0 Å². The van der Waals surface area contributed by atoms with Crippen LogP contribution in [-0.4, -0.2) is 12.6 Å². The second-order valence-corrected chi connectivity index (χ2v) is 7.43. The lowest BCUT2D eigenvalue weighted by Crippen LogP contribution is -2.44. The molecule has 1 heteroatoms. The maximum absolute atomic E-state index is 3.98. The minimum atomic E-state index is 0.836. The van der Waals surface area contributed by atoms with Crippen molar-refractivity contribution in [1.29, 1.82) is 0 Å². The van der Waals surface area contributed by atoms with Crippen LogP contribution in [0.15, 0.2) is 0 Å². The van der Waals surface area contributed by atoms with E-state index < -0.39 is 0 Å². The van der Waals surface area contributed by atoms with Gasteiger partial charge in [-0.25, -0.2) is 0 Å². The quantitative estimate of drug-likeness (QED) is 0.629. The fraction of sp³-hybridized carbons (Fsp3) is 1.00. The van der Waals surface area contributed by atoms with E-state index in [-0.39, 0.29) is 0 Å². The molecule has 0 saturated heterocycles. The third kappa shape index (κ3) is 4.76. The molecular formula is C19H37N. The summed E-state index contributed by atoms with van der Waals surface area (Å²) in [7, 11) is 0. The minimum absolute atomic E-state index is 0.836. The molecule has 1 nitrogen and oxygen atoms in total. The van der Waals surface area contributed by atoms with Gasteiger partial charge in [0.1, 0.15) is 0 Å². The molecular weight excluding hydrogens is 242 g/mol. The first kappa shape index (κ1) is 16.3. The van der Waals surface area contributed by atoms with Gasteiger partial charge in [-0.15, -0.1) is 0 Å². The fourth-order valence-electron chi connectivity index (χ4n) is 4.73. The van der Waals surface area contributed by atoms with Crippen LogP contribution in [0.4, 0.5) is 0 Å². The molecule has 2 aliphatic rings. The molecule has 0 aromatic carbocycles. The van der Waals surface area contributed by atoms with Crippen LogP contribution in [0.2, 0.25) is 0 Å². The highest BCUT2D eigenvalue weighted by Gasteiger charge is 2.32. The molecule has 2 saturated carbocycles. The van der Waals surface area contributed by atoms with E-state index in [2.05, 4.69) is 19.2 Å². The summed E-state index contributed by atoms with van der Waals surface area (Å²) in [4.78, 5) is 0. The van der Waals surface area contributed by atoms with E-state index in [4.69, 9.17) is 0 Å². The summed E-state index contributed by atoms with van der Waals surface area (Å²) in [6.07, 6.45) is 17.6. The van der Waals surface area contributed by atoms with Gasteiger partial charge in [0.15, 0.2) is 0 Å². The monoisotopic (exact) mass is 279 g/mol. The summed E-state index contributed by atoms with van der Waals surface area (Å²) in [5.41, 5.74) is 0. The number of nitrogens with one attached hydrogen (secondary N) is 1. The first-order chi connectivity index (χ1) is 9.85. The molecule has 0 spiro atoms. The zero-order valence-electron chi connectivity index (χ0n) is 14.0. The van der Waals surface area contributed by atoms with Crippen molar-refractivity contribution >= 4 is 0 Å². The summed E-state index contributed by atoms with van der Waals surface area (Å²) in [5.74, 6) is 2.97. The third-order valence-corrected chi connectivity index (χ3v) is 5.95. The van der Waals surface area contributed by atoms with Gasteiger partial charge in [0.25, 0.3) is 0 Å². The Morgan fingerprint density at radius 1 is 0.850 bits per heavy atom. The lowest BCUT2D eigenvalue weighted by Gasteiger charge is -2.39. The van der Waals surface area contributed by atoms with Gasteiger partial charge in [-0.05, 0) is 56.4 Å². The third-order valence-electron chi connectivity index (χ3n) is 5.95. The molecule has 3 atom stereocenters. The van der Waals surface area contributed by atoms with Crippen LogP contribution in [0.3, 0.4) is 0 Å². The molecule has 2 fully saturated rings. The second-order valence-electron chi connectivity index (χ2n) is 7.43. The van der Waals surface area contributed by atoms with Crippen LogP contribution in [0.1, 0.15) is 90.9 Å². The molecule has 1 N–H and O–H groups in total. The van der Waals surface area contributed by atoms with Crippen molar-refractivity contribution in [2.45, 2.75) is 96.9 Å². The summed E-state index contributed by atoms with van der Waals surface area (Å²) >= 11 is 0. The number of hydrogen-bond acceptors (Lipinski definition) is 1. The molecule has 0 aliphatic heterocycles. The van der Waals surface area contributed by atoms with E-state index in [9.17, 15) is 0 Å². The lowest BCUT2D eigenvalue weighted by molar-refractivity contribution is 0.158. The van der Waals surface area contributed by atoms with Crippen molar-refractivity contribution in [3.63, 3.8) is 0 Å². The van der Waals surface area contributed by atoms with E-state index in [0.29, 0.717) is 0 Å². The predicted octanol–water partition coefficient (Wildman–Crippen LogP) is 5.54. The Labute approximate surface area is 127 Å². The Morgan fingerprint density at radius 2 is 1.55 bits per heavy atom. The maximum Gasteiger partial charge on any atom is 0.0124 e. The van der Waals surface area contributed by atoms with Gasteiger partial charge in [0.2, 0.25) is 0 Å². The highest BCUT2D eigenvalue weighted by Crippen LogP contribution is 2.38. The Balaban J connectivity index is 1.97. The molecule has 2 rings (SSSR count). The van der Waals surface area contributed by atoms with E-state index >= 15 is 0 Å². The number of hydrogen-bond donors (Lipinski definition) is 1. The van der Waals surface area contributed by atoms with E-state index in [0.717, 1.165) is 23.8 Å². The first-order valence-electron chi connectivity index (χ1n) is 9.58. The molecule has 0 radical (unpaired) electrons. The van der Waals surface area contributed by atoms with Gasteiger partial charge in [-0.1, -0.05) is 58.8 Å². The Hall–Kier alpha value is -0.0400. The van der Waals surface area contributed by atoms with Gasteiger partial charge >= 0.3 is 0 Å². The fourth-order valence-corrected chi connectivity index (χ4v) is 4.73. The number of rotatable bonds is 6. The van der Waals surface area contributed by atoms with Crippen LogP contribution < -0.4 is 5.32 Å². The summed E-state index contributed by atoms with van der Waals surface area (Å²) in [5, 5.41) is 3.98. The summed E-state index contributed by atoms with van der Waals surface area (Å²) < 4.78 is 0. The molecule has 0 aromatic heterocycles. The smallest absolute Gasteiger partial charge is 0.0124 e. The topological polar surface area (TPSA) is 12.0 Å². The SMILES string of the molecule is CCCNC(C1CCCCCC1)C1CCCC(CC)C1. The zero-order chi connectivity index (χ0) is 14.2. The Kier molecular flexibility index (Phi) is 7.41. The van der Waals surface area contributed by atoms with Gasteiger partial charge in [0, 0.05) is 6.04 Å². The molecule has 0 aromatic rings. The maximum atomic E-state index is 3.98. The Bertz CT molecular complexity index is 242. The van der Waals surface area contributed by atoms with Crippen LogP contribution in [-0.2, 0) is 0 Å². The Morgan fingerprint density at radius 3 is 2.20 bits per heavy atom. The predicted molar refractivity (Wildman–Crippen MR) is 89.0 cm³/mol. The molecule has 0 bridgehead atoms. The zero-order valence-corrected chi connectivity index (χ0v) is 14.0. The van der Waals surface area contributed by atoms with Crippen molar-refractivity contribution in [2.24, 2.45) is 17.8 Å². The second kappa shape index (κ2) is 9.07. The molecule has 118 valence electrons. The normalized spacial score (nSPS) is 30.9. The highest BCUT2D eigenvalue weighted by atomic mass is 14.9. The van der Waals surface area contributed by atoms with Crippen LogP contribution in [0.5, 0.6) is 0 Å².